The van der Waals surface area contributed by atoms with Crippen LogP contribution in [0.3, 0.4) is 0 Å². The maximum atomic E-state index is 12.7. The number of allylic oxidation sites excluding steroid dienone is 4. The number of likely N-dealkylation sites (N-methyl/N-ethyl adjacent to an activating group) is 1. The third kappa shape index (κ3) is 42.1. The second kappa shape index (κ2) is 39.0. The highest BCUT2D eigenvalue weighted by atomic mass is 31.2. The third-order valence-corrected chi connectivity index (χ3v) is 10.9. The van der Waals surface area contributed by atoms with Crippen molar-refractivity contribution >= 4 is 19.8 Å². The number of hydrogen-bond donors (Lipinski definition) is 0. The van der Waals surface area contributed by atoms with E-state index in [4.69, 9.17) is 18.5 Å². The van der Waals surface area contributed by atoms with Crippen molar-refractivity contribution in [2.45, 2.75) is 213 Å². The first-order valence-electron chi connectivity index (χ1n) is 23.0. The van der Waals surface area contributed by atoms with E-state index in [1.807, 2.05) is 21.1 Å². The summed E-state index contributed by atoms with van der Waals surface area (Å²) in [5.74, 6) is -0.850. The third-order valence-electron chi connectivity index (χ3n) is 9.94. The first kappa shape index (κ1) is 54.5. The number of hydrogen-bond acceptors (Lipinski definition) is 8. The lowest BCUT2D eigenvalue weighted by Gasteiger charge is -2.28. The summed E-state index contributed by atoms with van der Waals surface area (Å²) >= 11 is 0. The average molecular weight is 814 g/mol. The summed E-state index contributed by atoms with van der Waals surface area (Å²) < 4.78 is 33.9. The zero-order chi connectivity index (χ0) is 41.4. The van der Waals surface area contributed by atoms with Gasteiger partial charge in [-0.15, -0.1) is 0 Å². The normalized spacial score (nSPS) is 13.8. The first-order chi connectivity index (χ1) is 27.0. The summed E-state index contributed by atoms with van der Waals surface area (Å²) in [5, 5.41) is 0. The number of quaternary nitrogens is 1. The van der Waals surface area contributed by atoms with E-state index in [-0.39, 0.29) is 26.1 Å². The predicted octanol–water partition coefficient (Wildman–Crippen LogP) is 12.5. The van der Waals surface area contributed by atoms with Gasteiger partial charge in [-0.05, 0) is 64.2 Å². The lowest BCUT2D eigenvalue weighted by atomic mass is 10.1. The molecule has 1 unspecified atom stereocenters. The molecule has 0 aromatic heterocycles. The van der Waals surface area contributed by atoms with Crippen LogP contribution in [0.5, 0.6) is 0 Å². The van der Waals surface area contributed by atoms with E-state index in [9.17, 15) is 19.0 Å². The van der Waals surface area contributed by atoms with Gasteiger partial charge in [-0.2, -0.15) is 0 Å². The van der Waals surface area contributed by atoms with E-state index >= 15 is 0 Å². The Morgan fingerprint density at radius 2 is 0.911 bits per heavy atom. The number of unbranched alkanes of at least 4 members (excludes halogenated alkanes) is 24. The van der Waals surface area contributed by atoms with Crippen molar-refractivity contribution in [2.75, 3.05) is 47.5 Å². The molecule has 0 fully saturated rings. The fraction of sp³-hybridized carbons (Fsp3) is 0.870. The number of rotatable bonds is 42. The van der Waals surface area contributed by atoms with E-state index in [0.29, 0.717) is 23.9 Å². The monoisotopic (exact) mass is 814 g/mol. The number of carbonyl (C=O) groups excluding carboxylic acids is 2. The van der Waals surface area contributed by atoms with Crippen LogP contribution >= 0.6 is 7.82 Å². The van der Waals surface area contributed by atoms with Crippen molar-refractivity contribution in [2.24, 2.45) is 0 Å². The van der Waals surface area contributed by atoms with Gasteiger partial charge in [0, 0.05) is 12.8 Å². The zero-order valence-corrected chi connectivity index (χ0v) is 38.0. The van der Waals surface area contributed by atoms with Crippen molar-refractivity contribution < 1.29 is 42.1 Å². The maximum Gasteiger partial charge on any atom is 0.306 e. The molecular formula is C46H88NO8P. The molecule has 0 heterocycles. The van der Waals surface area contributed by atoms with Crippen molar-refractivity contribution in [3.63, 3.8) is 0 Å². The molecule has 56 heavy (non-hydrogen) atoms. The van der Waals surface area contributed by atoms with Crippen LogP contribution in [0.4, 0.5) is 0 Å². The van der Waals surface area contributed by atoms with Crippen LogP contribution in [0.15, 0.2) is 24.3 Å². The molecule has 0 radical (unpaired) electrons. The van der Waals surface area contributed by atoms with E-state index in [0.717, 1.165) is 44.9 Å². The Balaban J connectivity index is 4.32. The Kier molecular flexibility index (Phi) is 37.9. The quantitative estimate of drug-likeness (QED) is 0.0197. The number of esters is 2. The molecule has 0 aromatic rings. The lowest BCUT2D eigenvalue weighted by molar-refractivity contribution is -0.870. The second-order valence-electron chi connectivity index (χ2n) is 16.8. The minimum atomic E-state index is -4.63. The summed E-state index contributed by atoms with van der Waals surface area (Å²) in [7, 11) is 1.16. The Morgan fingerprint density at radius 1 is 0.536 bits per heavy atom. The molecule has 10 heteroatoms. The largest absolute Gasteiger partial charge is 0.756 e. The Hall–Kier alpha value is -1.51. The van der Waals surface area contributed by atoms with Crippen LogP contribution in [-0.4, -0.2) is 70.0 Å². The van der Waals surface area contributed by atoms with E-state index in [1.54, 1.807) is 0 Å². The smallest absolute Gasteiger partial charge is 0.306 e. The molecule has 2 atom stereocenters. The SMILES string of the molecule is CCCCCCCC/C=C/CCCCCCCCCCCC(=O)O[C@H](COC(=O)CCCCC/C=C/CCCCCCCC)COP(=O)([O-])OCC[N+](C)(C)C. The maximum absolute atomic E-state index is 12.7. The molecule has 0 aromatic carbocycles. The molecule has 0 aliphatic heterocycles. The lowest BCUT2D eigenvalue weighted by Crippen LogP contribution is -2.37. The van der Waals surface area contributed by atoms with Crippen molar-refractivity contribution in [3.8, 4) is 0 Å². The van der Waals surface area contributed by atoms with Gasteiger partial charge >= 0.3 is 11.9 Å². The molecule has 0 rings (SSSR count). The minimum absolute atomic E-state index is 0.0321. The van der Waals surface area contributed by atoms with Gasteiger partial charge in [0.2, 0.25) is 0 Å². The van der Waals surface area contributed by atoms with Crippen LogP contribution in [-0.2, 0) is 32.7 Å². The molecule has 0 aliphatic rings. The first-order valence-corrected chi connectivity index (χ1v) is 24.5. The van der Waals surface area contributed by atoms with Crippen LogP contribution in [0.25, 0.3) is 0 Å². The fourth-order valence-corrected chi connectivity index (χ4v) is 7.02. The Bertz CT molecular complexity index is 1010. The van der Waals surface area contributed by atoms with Crippen LogP contribution < -0.4 is 4.89 Å². The number of phosphoric acid groups is 1. The van der Waals surface area contributed by atoms with Crippen LogP contribution in [0, 0.1) is 0 Å². The minimum Gasteiger partial charge on any atom is -0.756 e. The molecule has 0 amide bonds. The topological polar surface area (TPSA) is 111 Å². The van der Waals surface area contributed by atoms with Gasteiger partial charge in [0.1, 0.15) is 19.8 Å². The van der Waals surface area contributed by atoms with E-state index < -0.39 is 32.5 Å². The van der Waals surface area contributed by atoms with Crippen LogP contribution in [0.1, 0.15) is 206 Å². The van der Waals surface area contributed by atoms with Gasteiger partial charge in [-0.25, -0.2) is 0 Å². The van der Waals surface area contributed by atoms with Gasteiger partial charge in [-0.1, -0.05) is 154 Å². The highest BCUT2D eigenvalue weighted by molar-refractivity contribution is 7.45. The summed E-state index contributed by atoms with van der Waals surface area (Å²) in [4.78, 5) is 37.5. The summed E-state index contributed by atoms with van der Waals surface area (Å²) in [6.45, 7) is 4.21. The summed E-state index contributed by atoms with van der Waals surface area (Å²) in [5.41, 5.74) is 0. The highest BCUT2D eigenvalue weighted by Gasteiger charge is 2.21. The van der Waals surface area contributed by atoms with Gasteiger partial charge in [0.15, 0.2) is 6.10 Å². The van der Waals surface area contributed by atoms with Crippen LogP contribution in [0.2, 0.25) is 0 Å². The fourth-order valence-electron chi connectivity index (χ4n) is 6.29. The van der Waals surface area contributed by atoms with Gasteiger partial charge in [-0.3, -0.25) is 14.2 Å². The van der Waals surface area contributed by atoms with Gasteiger partial charge in [0.25, 0.3) is 7.82 Å². The molecule has 0 bridgehead atoms. The molecular weight excluding hydrogens is 725 g/mol. The van der Waals surface area contributed by atoms with E-state index in [1.165, 1.54) is 122 Å². The second-order valence-corrected chi connectivity index (χ2v) is 18.2. The summed E-state index contributed by atoms with van der Waals surface area (Å²) in [6, 6.07) is 0. The average Bonchev–Trinajstić information content (AvgIpc) is 3.15. The van der Waals surface area contributed by atoms with E-state index in [2.05, 4.69) is 38.2 Å². The molecule has 0 N–H and O–H groups in total. The van der Waals surface area contributed by atoms with Gasteiger partial charge in [0.05, 0.1) is 27.7 Å². The number of ether oxygens (including phenoxy) is 2. The molecule has 0 saturated carbocycles. The number of nitrogens with zero attached hydrogens (tertiary/aromatic N) is 1. The molecule has 0 saturated heterocycles. The molecule has 0 aliphatic carbocycles. The Labute approximate surface area is 345 Å². The number of carbonyl (C=O) groups is 2. The highest BCUT2D eigenvalue weighted by Crippen LogP contribution is 2.38. The van der Waals surface area contributed by atoms with Crippen molar-refractivity contribution in [1.82, 2.24) is 0 Å². The number of phosphoric ester groups is 1. The van der Waals surface area contributed by atoms with Crippen molar-refractivity contribution in [1.29, 1.82) is 0 Å². The predicted molar refractivity (Wildman–Crippen MR) is 231 cm³/mol. The molecule has 0 spiro atoms. The summed E-state index contributed by atoms with van der Waals surface area (Å²) in [6.07, 6.45) is 42.0. The Morgan fingerprint density at radius 3 is 1.34 bits per heavy atom. The molecule has 330 valence electrons. The molecule has 9 nitrogen and oxygen atoms in total. The zero-order valence-electron chi connectivity index (χ0n) is 37.1. The standard InChI is InChI=1S/C46H88NO8P/c1-6-8-10-12-14-16-18-20-21-22-23-24-25-27-29-31-33-35-37-39-46(49)55-44(43-54-56(50,51)53-41-40-47(3,4)5)42-52-45(48)38-36-34-32-30-28-26-19-17-15-13-11-9-7-2/h20-21,26,28,44H,6-19,22-25,27,29-43H2,1-5H3/b21-20+,28-26+/t44-/m1/s1. The van der Waals surface area contributed by atoms with Crippen molar-refractivity contribution in [3.05, 3.63) is 24.3 Å². The van der Waals surface area contributed by atoms with Gasteiger partial charge < -0.3 is 27.9 Å².